The number of carbonyl (C=O) groups is 1. The Hall–Kier alpha value is -2.23. The van der Waals surface area contributed by atoms with Crippen LogP contribution in [0.25, 0.3) is 0 Å². The average Bonchev–Trinajstić information content (AvgIpc) is 2.40. The molecule has 0 spiro atoms. The molecule has 1 aromatic carbocycles. The number of nitrogens with one attached hydrogen (secondary N) is 1. The number of hydrogen-bond acceptors (Lipinski definition) is 6. The lowest BCUT2D eigenvalue weighted by Gasteiger charge is -2.07. The van der Waals surface area contributed by atoms with Crippen molar-refractivity contribution in [1.82, 2.24) is 5.32 Å². The standard InChI is InChI=1S/C11H14FN3O5S/c1-2-21(19,20)4-3-14-11(16)7-5-9(13)8(12)6-10(7)15(17)18/h5-6H,2-4,13H2,1H3,(H,14,16). The molecule has 116 valence electrons. The third kappa shape index (κ3) is 4.38. The van der Waals surface area contributed by atoms with E-state index in [0.717, 1.165) is 6.07 Å². The lowest BCUT2D eigenvalue weighted by atomic mass is 10.1. The van der Waals surface area contributed by atoms with Crippen molar-refractivity contribution in [3.05, 3.63) is 33.6 Å². The average molecular weight is 319 g/mol. The van der Waals surface area contributed by atoms with Gasteiger partial charge in [-0.2, -0.15) is 0 Å². The van der Waals surface area contributed by atoms with E-state index in [1.807, 2.05) is 0 Å². The van der Waals surface area contributed by atoms with Gasteiger partial charge in [0.2, 0.25) is 0 Å². The molecule has 0 aliphatic carbocycles. The molecule has 8 nitrogen and oxygen atoms in total. The van der Waals surface area contributed by atoms with E-state index in [1.165, 1.54) is 6.92 Å². The predicted octanol–water partition coefficient (Wildman–Crippen LogP) is 0.481. The molecule has 0 saturated carbocycles. The Labute approximate surface area is 120 Å². The molecule has 0 aliphatic heterocycles. The summed E-state index contributed by atoms with van der Waals surface area (Å²) < 4.78 is 35.7. The van der Waals surface area contributed by atoms with Gasteiger partial charge in [-0.3, -0.25) is 14.9 Å². The number of benzene rings is 1. The minimum atomic E-state index is -3.27. The van der Waals surface area contributed by atoms with Crippen LogP contribution in [0.3, 0.4) is 0 Å². The molecule has 0 radical (unpaired) electrons. The van der Waals surface area contributed by atoms with E-state index in [1.54, 1.807) is 0 Å². The Morgan fingerprint density at radius 2 is 2.10 bits per heavy atom. The first-order chi connectivity index (χ1) is 9.68. The Morgan fingerprint density at radius 3 is 2.62 bits per heavy atom. The minimum absolute atomic E-state index is 0.0769. The molecule has 21 heavy (non-hydrogen) atoms. The zero-order chi connectivity index (χ0) is 16.2. The molecule has 1 amide bonds. The van der Waals surface area contributed by atoms with Crippen LogP contribution in [-0.4, -0.2) is 37.3 Å². The summed E-state index contributed by atoms with van der Waals surface area (Å²) >= 11 is 0. The normalized spacial score (nSPS) is 11.1. The maximum absolute atomic E-state index is 13.2. The van der Waals surface area contributed by atoms with Gasteiger partial charge in [0, 0.05) is 12.3 Å². The second-order valence-corrected chi connectivity index (χ2v) is 6.61. The van der Waals surface area contributed by atoms with Crippen LogP contribution in [0.1, 0.15) is 17.3 Å². The number of nitro benzene ring substituents is 1. The summed E-state index contributed by atoms with van der Waals surface area (Å²) in [6, 6.07) is 1.39. The Balaban J connectivity index is 2.92. The summed E-state index contributed by atoms with van der Waals surface area (Å²) in [5.74, 6) is -2.27. The number of carbonyl (C=O) groups excluding carboxylic acids is 1. The highest BCUT2D eigenvalue weighted by atomic mass is 32.2. The number of nitrogens with two attached hydrogens (primary N) is 1. The Kier molecular flexibility index (Phi) is 5.19. The SMILES string of the molecule is CCS(=O)(=O)CCNC(=O)c1cc(N)c(F)cc1[N+](=O)[O-]. The van der Waals surface area contributed by atoms with Crippen molar-refractivity contribution in [2.45, 2.75) is 6.92 Å². The first kappa shape index (κ1) is 16.8. The highest BCUT2D eigenvalue weighted by Gasteiger charge is 2.23. The van der Waals surface area contributed by atoms with E-state index in [0.29, 0.717) is 6.07 Å². The maximum atomic E-state index is 13.2. The van der Waals surface area contributed by atoms with Gasteiger partial charge < -0.3 is 11.1 Å². The summed E-state index contributed by atoms with van der Waals surface area (Å²) in [6.07, 6.45) is 0. The van der Waals surface area contributed by atoms with Gasteiger partial charge in [0.05, 0.1) is 22.4 Å². The highest BCUT2D eigenvalue weighted by molar-refractivity contribution is 7.91. The number of amides is 1. The van der Waals surface area contributed by atoms with Crippen LogP contribution in [0.15, 0.2) is 12.1 Å². The van der Waals surface area contributed by atoms with Gasteiger partial charge >= 0.3 is 0 Å². The van der Waals surface area contributed by atoms with Crippen molar-refractivity contribution < 1.29 is 22.5 Å². The lowest BCUT2D eigenvalue weighted by Crippen LogP contribution is -2.30. The van der Waals surface area contributed by atoms with E-state index in [4.69, 9.17) is 5.73 Å². The van der Waals surface area contributed by atoms with Gasteiger partial charge in [-0.15, -0.1) is 0 Å². The molecule has 1 aromatic rings. The van der Waals surface area contributed by atoms with E-state index in [2.05, 4.69) is 5.32 Å². The number of nitrogen functional groups attached to an aromatic ring is 1. The second-order valence-electron chi connectivity index (χ2n) is 4.14. The zero-order valence-electron chi connectivity index (χ0n) is 11.1. The van der Waals surface area contributed by atoms with Crippen molar-refractivity contribution in [3.63, 3.8) is 0 Å². The predicted molar refractivity (Wildman–Crippen MR) is 74.1 cm³/mol. The van der Waals surface area contributed by atoms with Gasteiger partial charge in [-0.05, 0) is 6.07 Å². The Morgan fingerprint density at radius 1 is 1.48 bits per heavy atom. The number of hydrogen-bond donors (Lipinski definition) is 2. The van der Waals surface area contributed by atoms with Gasteiger partial charge in [-0.1, -0.05) is 6.92 Å². The molecule has 0 heterocycles. The fourth-order valence-corrected chi connectivity index (χ4v) is 2.17. The van der Waals surface area contributed by atoms with Gasteiger partial charge in [0.1, 0.15) is 5.56 Å². The van der Waals surface area contributed by atoms with Crippen LogP contribution in [0.2, 0.25) is 0 Å². The summed E-state index contributed by atoms with van der Waals surface area (Å²) in [5, 5.41) is 13.0. The summed E-state index contributed by atoms with van der Waals surface area (Å²) in [6.45, 7) is 1.26. The topological polar surface area (TPSA) is 132 Å². The fourth-order valence-electron chi connectivity index (χ4n) is 1.47. The number of halogens is 1. The molecule has 0 fully saturated rings. The molecule has 0 unspecified atom stereocenters. The molecule has 3 N–H and O–H groups in total. The number of nitrogens with zero attached hydrogens (tertiary/aromatic N) is 1. The van der Waals surface area contributed by atoms with Crippen LogP contribution < -0.4 is 11.1 Å². The lowest BCUT2D eigenvalue weighted by molar-refractivity contribution is -0.385. The van der Waals surface area contributed by atoms with Crippen LogP contribution in [0, 0.1) is 15.9 Å². The first-order valence-electron chi connectivity index (χ1n) is 5.90. The Bertz CT molecular complexity index is 675. The van der Waals surface area contributed by atoms with Crippen LogP contribution >= 0.6 is 0 Å². The van der Waals surface area contributed by atoms with Crippen molar-refractivity contribution in [1.29, 1.82) is 0 Å². The van der Waals surface area contributed by atoms with E-state index < -0.39 is 43.4 Å². The van der Waals surface area contributed by atoms with Gasteiger partial charge in [0.15, 0.2) is 15.7 Å². The van der Waals surface area contributed by atoms with Crippen LogP contribution in [0.4, 0.5) is 15.8 Å². The molecular weight excluding hydrogens is 305 g/mol. The zero-order valence-corrected chi connectivity index (χ0v) is 11.9. The largest absolute Gasteiger partial charge is 0.396 e. The van der Waals surface area contributed by atoms with E-state index in [9.17, 15) is 27.7 Å². The number of anilines is 1. The number of rotatable bonds is 6. The van der Waals surface area contributed by atoms with Gasteiger partial charge in [-0.25, -0.2) is 12.8 Å². The maximum Gasteiger partial charge on any atom is 0.285 e. The fraction of sp³-hybridized carbons (Fsp3) is 0.364. The van der Waals surface area contributed by atoms with Crippen molar-refractivity contribution in [3.8, 4) is 0 Å². The van der Waals surface area contributed by atoms with Gasteiger partial charge in [0.25, 0.3) is 11.6 Å². The third-order valence-electron chi connectivity index (χ3n) is 2.69. The van der Waals surface area contributed by atoms with E-state index in [-0.39, 0.29) is 18.1 Å². The molecule has 0 atom stereocenters. The quantitative estimate of drug-likeness (QED) is 0.445. The number of nitro groups is 1. The van der Waals surface area contributed by atoms with E-state index >= 15 is 0 Å². The molecule has 0 bridgehead atoms. The smallest absolute Gasteiger partial charge is 0.285 e. The second kappa shape index (κ2) is 6.48. The van der Waals surface area contributed by atoms with Crippen molar-refractivity contribution in [2.24, 2.45) is 0 Å². The van der Waals surface area contributed by atoms with Crippen molar-refractivity contribution >= 4 is 27.1 Å². The monoisotopic (exact) mass is 319 g/mol. The summed E-state index contributed by atoms with van der Waals surface area (Å²) in [4.78, 5) is 21.7. The molecule has 1 rings (SSSR count). The molecule has 10 heteroatoms. The molecule has 0 aromatic heterocycles. The van der Waals surface area contributed by atoms with Crippen LogP contribution in [-0.2, 0) is 9.84 Å². The third-order valence-corrected chi connectivity index (χ3v) is 4.40. The molecule has 0 aliphatic rings. The van der Waals surface area contributed by atoms with Crippen molar-refractivity contribution in [2.75, 3.05) is 23.8 Å². The number of sulfone groups is 1. The highest BCUT2D eigenvalue weighted by Crippen LogP contribution is 2.24. The first-order valence-corrected chi connectivity index (χ1v) is 7.72. The molecular formula is C11H14FN3O5S. The molecule has 0 saturated heterocycles. The summed E-state index contributed by atoms with van der Waals surface area (Å²) in [7, 11) is -3.27. The summed E-state index contributed by atoms with van der Waals surface area (Å²) in [5.41, 5.74) is 3.70. The van der Waals surface area contributed by atoms with Crippen LogP contribution in [0.5, 0.6) is 0 Å². The minimum Gasteiger partial charge on any atom is -0.396 e.